The van der Waals surface area contributed by atoms with Crippen LogP contribution in [0, 0.1) is 0 Å². The van der Waals surface area contributed by atoms with Gasteiger partial charge in [0.15, 0.2) is 5.75 Å². The van der Waals surface area contributed by atoms with Crippen LogP contribution in [0.15, 0.2) is 151 Å². The Labute approximate surface area is 213 Å². The van der Waals surface area contributed by atoms with Gasteiger partial charge in [-0.1, -0.05) is 121 Å². The minimum absolute atomic E-state index is 0.587. The predicted molar refractivity (Wildman–Crippen MR) is 153 cm³/mol. The molecule has 0 fully saturated rings. The third-order valence-electron chi connectivity index (χ3n) is 5.60. The Morgan fingerprint density at radius 2 is 1.08 bits per heavy atom. The average Bonchev–Trinajstić information content (AvgIpc) is 2.95. The molecule has 0 saturated carbocycles. The molecule has 0 saturated heterocycles. The quantitative estimate of drug-likeness (QED) is 0.139. The van der Waals surface area contributed by atoms with Crippen LogP contribution in [0.25, 0.3) is 0 Å². The zero-order chi connectivity index (χ0) is 24.4. The minimum Gasteiger partial charge on any atom is -0.455 e. The molecule has 176 valence electrons. The molecule has 0 atom stereocenters. The zero-order valence-electron chi connectivity index (χ0n) is 19.9. The lowest BCUT2D eigenvalue weighted by Crippen LogP contribution is -2.24. The number of hydrogen-bond acceptors (Lipinski definition) is 2. The van der Waals surface area contributed by atoms with Crippen molar-refractivity contribution in [2.75, 3.05) is 5.32 Å². The van der Waals surface area contributed by atoms with Gasteiger partial charge in [-0.25, -0.2) is 0 Å². The first-order valence-electron chi connectivity index (χ1n) is 11.9. The van der Waals surface area contributed by atoms with Crippen molar-refractivity contribution >= 4 is 29.8 Å². The summed E-state index contributed by atoms with van der Waals surface area (Å²) in [6, 6.07) is 49.5. The molecule has 0 heterocycles. The standard InChI is InChI=1S/C32H27N2OP/c1-5-15-26(16-6-1)25-33-32(36(28-19-9-3-10-20-28)29-21-11-4-12-22-29)34-30-23-13-14-24-31(30)35-27-17-7-2-8-18-27/h1-24H,25H2,(H,33,34). The maximum absolute atomic E-state index is 6.25. The summed E-state index contributed by atoms with van der Waals surface area (Å²) in [5.41, 5.74) is 2.98. The normalized spacial score (nSPS) is 11.3. The second-order valence-electron chi connectivity index (χ2n) is 8.17. The molecule has 5 rings (SSSR count). The van der Waals surface area contributed by atoms with E-state index in [1.807, 2.05) is 60.7 Å². The van der Waals surface area contributed by atoms with Gasteiger partial charge in [-0.2, -0.15) is 0 Å². The predicted octanol–water partition coefficient (Wildman–Crippen LogP) is 7.58. The Bertz CT molecular complexity index is 1350. The van der Waals surface area contributed by atoms with E-state index in [2.05, 4.69) is 90.2 Å². The molecule has 5 aromatic carbocycles. The van der Waals surface area contributed by atoms with Gasteiger partial charge in [-0.15, -0.1) is 0 Å². The Balaban J connectivity index is 1.56. The van der Waals surface area contributed by atoms with Gasteiger partial charge in [0.05, 0.1) is 12.2 Å². The highest BCUT2D eigenvalue weighted by Gasteiger charge is 2.22. The van der Waals surface area contributed by atoms with Gasteiger partial charge >= 0.3 is 0 Å². The number of rotatable bonds is 8. The Hall–Kier alpha value is -4.20. The van der Waals surface area contributed by atoms with Crippen LogP contribution in [0.1, 0.15) is 5.56 Å². The van der Waals surface area contributed by atoms with Gasteiger partial charge in [-0.3, -0.25) is 4.99 Å². The van der Waals surface area contributed by atoms with E-state index >= 15 is 0 Å². The largest absolute Gasteiger partial charge is 0.455 e. The number of nitrogens with zero attached hydrogens (tertiary/aromatic N) is 1. The van der Waals surface area contributed by atoms with Gasteiger partial charge in [0.1, 0.15) is 11.3 Å². The zero-order valence-corrected chi connectivity index (χ0v) is 20.8. The Morgan fingerprint density at radius 3 is 1.69 bits per heavy atom. The Morgan fingerprint density at radius 1 is 0.583 bits per heavy atom. The van der Waals surface area contributed by atoms with E-state index in [0.29, 0.717) is 6.54 Å². The second-order valence-corrected chi connectivity index (χ2v) is 10.3. The summed E-state index contributed by atoms with van der Waals surface area (Å²) in [7, 11) is -0.923. The molecule has 4 heteroatoms. The number of ether oxygens (including phenoxy) is 1. The summed E-state index contributed by atoms with van der Waals surface area (Å²) < 4.78 is 6.25. The molecule has 0 aliphatic rings. The number of aliphatic imine (C=N–C) groups is 1. The lowest BCUT2D eigenvalue weighted by molar-refractivity contribution is 0.485. The molecule has 0 radical (unpaired) electrons. The summed E-state index contributed by atoms with van der Waals surface area (Å²) in [5, 5.41) is 6.16. The summed E-state index contributed by atoms with van der Waals surface area (Å²) in [6.45, 7) is 0.587. The summed E-state index contributed by atoms with van der Waals surface area (Å²) in [6.07, 6.45) is 0. The summed E-state index contributed by atoms with van der Waals surface area (Å²) >= 11 is 0. The monoisotopic (exact) mass is 486 g/mol. The van der Waals surface area contributed by atoms with Gasteiger partial charge in [0.25, 0.3) is 0 Å². The number of benzene rings is 5. The molecule has 3 nitrogen and oxygen atoms in total. The molecular formula is C32H27N2OP. The highest BCUT2D eigenvalue weighted by atomic mass is 31.1. The minimum atomic E-state index is -0.923. The van der Waals surface area contributed by atoms with Crippen LogP contribution in [-0.4, -0.2) is 5.58 Å². The van der Waals surface area contributed by atoms with E-state index in [9.17, 15) is 0 Å². The topological polar surface area (TPSA) is 33.6 Å². The summed E-state index contributed by atoms with van der Waals surface area (Å²) in [4.78, 5) is 5.17. The molecule has 0 aliphatic carbocycles. The van der Waals surface area contributed by atoms with Crippen molar-refractivity contribution in [3.05, 3.63) is 151 Å². The number of hydrogen-bond donors (Lipinski definition) is 1. The first-order chi connectivity index (χ1) is 17.9. The first-order valence-corrected chi connectivity index (χ1v) is 13.3. The van der Waals surface area contributed by atoms with E-state index in [0.717, 1.165) is 22.8 Å². The van der Waals surface area contributed by atoms with Gasteiger partial charge in [-0.05, 0) is 40.4 Å². The van der Waals surface area contributed by atoms with Crippen molar-refractivity contribution in [3.63, 3.8) is 0 Å². The lowest BCUT2D eigenvalue weighted by atomic mass is 10.2. The van der Waals surface area contributed by atoms with E-state index in [1.54, 1.807) is 0 Å². The number of para-hydroxylation sites is 3. The first kappa shape index (κ1) is 23.5. The fourth-order valence-electron chi connectivity index (χ4n) is 3.86. The summed E-state index contributed by atoms with van der Waals surface area (Å²) in [5.74, 6) is 1.55. The molecule has 0 bridgehead atoms. The maximum Gasteiger partial charge on any atom is 0.150 e. The third kappa shape index (κ3) is 6.07. The van der Waals surface area contributed by atoms with E-state index in [4.69, 9.17) is 9.73 Å². The fraction of sp³-hybridized carbons (Fsp3) is 0.0312. The average molecular weight is 487 g/mol. The van der Waals surface area contributed by atoms with Crippen molar-refractivity contribution < 1.29 is 4.74 Å². The molecule has 0 unspecified atom stereocenters. The maximum atomic E-state index is 6.25. The molecule has 5 aromatic rings. The highest BCUT2D eigenvalue weighted by Crippen LogP contribution is 2.38. The van der Waals surface area contributed by atoms with Crippen LogP contribution in [-0.2, 0) is 6.54 Å². The van der Waals surface area contributed by atoms with Crippen LogP contribution in [0.4, 0.5) is 5.69 Å². The van der Waals surface area contributed by atoms with Gasteiger partial charge in [0, 0.05) is 7.92 Å². The molecule has 36 heavy (non-hydrogen) atoms. The van der Waals surface area contributed by atoms with Crippen molar-refractivity contribution in [1.82, 2.24) is 0 Å². The van der Waals surface area contributed by atoms with Crippen LogP contribution < -0.4 is 20.7 Å². The van der Waals surface area contributed by atoms with E-state index in [-0.39, 0.29) is 0 Å². The number of anilines is 1. The lowest BCUT2D eigenvalue weighted by Gasteiger charge is -2.23. The highest BCUT2D eigenvalue weighted by molar-refractivity contribution is 7.88. The second kappa shape index (κ2) is 12.0. The molecule has 0 spiro atoms. The van der Waals surface area contributed by atoms with Crippen LogP contribution >= 0.6 is 7.92 Å². The van der Waals surface area contributed by atoms with Crippen LogP contribution in [0.3, 0.4) is 0 Å². The molecular weight excluding hydrogens is 459 g/mol. The molecule has 1 N–H and O–H groups in total. The van der Waals surface area contributed by atoms with E-state index < -0.39 is 7.92 Å². The van der Waals surface area contributed by atoms with Crippen molar-refractivity contribution in [3.8, 4) is 11.5 Å². The van der Waals surface area contributed by atoms with Gasteiger partial charge in [0.2, 0.25) is 0 Å². The van der Waals surface area contributed by atoms with Gasteiger partial charge < -0.3 is 10.1 Å². The van der Waals surface area contributed by atoms with Crippen molar-refractivity contribution in [2.45, 2.75) is 6.54 Å². The number of amidine groups is 1. The molecule has 0 aromatic heterocycles. The smallest absolute Gasteiger partial charge is 0.150 e. The molecule has 0 amide bonds. The van der Waals surface area contributed by atoms with E-state index in [1.165, 1.54) is 16.2 Å². The fourth-order valence-corrected chi connectivity index (χ4v) is 6.03. The molecule has 0 aliphatic heterocycles. The Kier molecular flexibility index (Phi) is 7.83. The van der Waals surface area contributed by atoms with Crippen molar-refractivity contribution in [2.24, 2.45) is 4.99 Å². The SMILES string of the molecule is c1ccc(CN=C(Nc2ccccc2Oc2ccccc2)P(c2ccccc2)c2ccccc2)cc1. The number of nitrogens with one attached hydrogen (secondary N) is 1. The van der Waals surface area contributed by atoms with Crippen LogP contribution in [0.5, 0.6) is 11.5 Å². The van der Waals surface area contributed by atoms with Crippen molar-refractivity contribution in [1.29, 1.82) is 0 Å². The third-order valence-corrected chi connectivity index (χ3v) is 7.91. The van der Waals surface area contributed by atoms with Crippen LogP contribution in [0.2, 0.25) is 0 Å².